The molecule has 0 bridgehead atoms. The fraction of sp³-hybridized carbons (Fsp3) is 0.438. The summed E-state index contributed by atoms with van der Waals surface area (Å²) in [5.74, 6) is 0.756. The minimum atomic E-state index is -0.809. The number of benzene rings is 1. The molecule has 0 spiro atoms. The average Bonchev–Trinajstić information content (AvgIpc) is 2.86. The van der Waals surface area contributed by atoms with Gasteiger partial charge >= 0.3 is 0 Å². The van der Waals surface area contributed by atoms with Crippen LogP contribution in [0.4, 0.5) is 0 Å². The van der Waals surface area contributed by atoms with E-state index >= 15 is 0 Å². The predicted molar refractivity (Wildman–Crippen MR) is 83.8 cm³/mol. The van der Waals surface area contributed by atoms with Crippen LogP contribution in [-0.4, -0.2) is 21.5 Å². The molecule has 5 heteroatoms. The number of aromatic nitrogens is 2. The van der Waals surface area contributed by atoms with Crippen molar-refractivity contribution in [3.05, 3.63) is 46.7 Å². The second-order valence-corrected chi connectivity index (χ2v) is 5.33. The maximum atomic E-state index is 10.6. The maximum absolute atomic E-state index is 10.6. The fourth-order valence-electron chi connectivity index (χ4n) is 2.19. The summed E-state index contributed by atoms with van der Waals surface area (Å²) >= 11 is 6.17. The first-order valence-electron chi connectivity index (χ1n) is 7.29. The van der Waals surface area contributed by atoms with Crippen molar-refractivity contribution in [2.75, 3.05) is 6.61 Å². The van der Waals surface area contributed by atoms with Crippen LogP contribution >= 0.6 is 11.6 Å². The van der Waals surface area contributed by atoms with Crippen LogP contribution in [0.3, 0.4) is 0 Å². The summed E-state index contributed by atoms with van der Waals surface area (Å²) in [4.78, 5) is 0. The number of aliphatic hydroxyl groups excluding tert-OH is 1. The van der Waals surface area contributed by atoms with Crippen molar-refractivity contribution in [1.82, 2.24) is 9.78 Å². The first-order chi connectivity index (χ1) is 10.2. The van der Waals surface area contributed by atoms with E-state index in [9.17, 15) is 5.11 Å². The van der Waals surface area contributed by atoms with E-state index < -0.39 is 6.10 Å². The first-order valence-corrected chi connectivity index (χ1v) is 7.67. The highest BCUT2D eigenvalue weighted by atomic mass is 35.5. The summed E-state index contributed by atoms with van der Waals surface area (Å²) in [7, 11) is 0. The Morgan fingerprint density at radius 3 is 2.86 bits per heavy atom. The molecule has 0 aliphatic heterocycles. The van der Waals surface area contributed by atoms with Crippen LogP contribution in [-0.2, 0) is 6.54 Å². The normalized spacial score (nSPS) is 12.4. The number of ether oxygens (including phenoxy) is 1. The molecule has 0 fully saturated rings. The van der Waals surface area contributed by atoms with Crippen molar-refractivity contribution >= 4 is 11.6 Å². The van der Waals surface area contributed by atoms with Gasteiger partial charge in [-0.25, -0.2) is 0 Å². The molecule has 4 nitrogen and oxygen atoms in total. The third-order valence-electron chi connectivity index (χ3n) is 3.17. The van der Waals surface area contributed by atoms with E-state index in [0.717, 1.165) is 30.7 Å². The Kier molecular flexibility index (Phi) is 5.65. The fourth-order valence-corrected chi connectivity index (χ4v) is 2.43. The number of aryl methyl sites for hydroxylation is 1. The van der Waals surface area contributed by atoms with Crippen LogP contribution in [0.1, 0.15) is 44.1 Å². The van der Waals surface area contributed by atoms with Gasteiger partial charge in [-0.3, -0.25) is 4.68 Å². The molecule has 2 aromatic rings. The highest BCUT2D eigenvalue weighted by Gasteiger charge is 2.20. The number of halogens is 1. The molecule has 114 valence electrons. The van der Waals surface area contributed by atoms with Crippen LogP contribution in [0.5, 0.6) is 5.75 Å². The Bertz CT molecular complexity index is 583. The van der Waals surface area contributed by atoms with E-state index in [4.69, 9.17) is 16.3 Å². The topological polar surface area (TPSA) is 47.3 Å². The highest BCUT2D eigenvalue weighted by Crippen LogP contribution is 2.30. The van der Waals surface area contributed by atoms with E-state index in [-0.39, 0.29) is 0 Å². The van der Waals surface area contributed by atoms with Gasteiger partial charge in [0.2, 0.25) is 0 Å². The third-order valence-corrected chi connectivity index (χ3v) is 3.47. The van der Waals surface area contributed by atoms with Gasteiger partial charge in [-0.1, -0.05) is 37.6 Å². The van der Waals surface area contributed by atoms with E-state index in [1.54, 1.807) is 10.9 Å². The van der Waals surface area contributed by atoms with E-state index in [0.29, 0.717) is 17.3 Å². The minimum Gasteiger partial charge on any atom is -0.494 e. The van der Waals surface area contributed by atoms with Crippen LogP contribution in [0.25, 0.3) is 0 Å². The standard InChI is InChI=1S/C16H21ClN2O2/c1-3-8-19-15(14(17)11-18-19)16(20)12-6-5-7-13(10-12)21-9-4-2/h5-7,10-11,16,20H,3-4,8-9H2,1-2H3. The van der Waals surface area contributed by atoms with Crippen molar-refractivity contribution < 1.29 is 9.84 Å². The van der Waals surface area contributed by atoms with Crippen molar-refractivity contribution in [1.29, 1.82) is 0 Å². The van der Waals surface area contributed by atoms with E-state index in [1.165, 1.54) is 0 Å². The Labute approximate surface area is 130 Å². The first kappa shape index (κ1) is 15.9. The summed E-state index contributed by atoms with van der Waals surface area (Å²) < 4.78 is 7.36. The molecule has 0 saturated heterocycles. The Morgan fingerprint density at radius 2 is 2.14 bits per heavy atom. The van der Waals surface area contributed by atoms with Gasteiger partial charge in [-0.15, -0.1) is 0 Å². The molecule has 0 amide bonds. The maximum Gasteiger partial charge on any atom is 0.122 e. The molecule has 2 rings (SSSR count). The summed E-state index contributed by atoms with van der Waals surface area (Å²) in [6, 6.07) is 7.47. The molecule has 0 radical (unpaired) electrons. The predicted octanol–water partition coefficient (Wildman–Crippen LogP) is 3.82. The van der Waals surface area contributed by atoms with Crippen LogP contribution < -0.4 is 4.74 Å². The molecular weight excluding hydrogens is 288 g/mol. The van der Waals surface area contributed by atoms with Crippen molar-refractivity contribution in [2.45, 2.75) is 39.3 Å². The van der Waals surface area contributed by atoms with Gasteiger partial charge in [0.25, 0.3) is 0 Å². The van der Waals surface area contributed by atoms with Crippen molar-refractivity contribution in [3.63, 3.8) is 0 Å². The smallest absolute Gasteiger partial charge is 0.122 e. The van der Waals surface area contributed by atoms with Gasteiger partial charge in [0, 0.05) is 6.54 Å². The summed E-state index contributed by atoms with van der Waals surface area (Å²) in [5.41, 5.74) is 1.38. The molecule has 1 atom stereocenters. The second kappa shape index (κ2) is 7.48. The molecule has 1 aromatic heterocycles. The van der Waals surface area contributed by atoms with Crippen LogP contribution in [0.15, 0.2) is 30.5 Å². The SMILES string of the molecule is CCCOc1cccc(C(O)c2c(Cl)cnn2CCC)c1. The second-order valence-electron chi connectivity index (χ2n) is 4.92. The number of hydrogen-bond acceptors (Lipinski definition) is 3. The molecule has 1 aromatic carbocycles. The molecule has 0 aliphatic carbocycles. The van der Waals surface area contributed by atoms with Gasteiger partial charge in [0.05, 0.1) is 23.5 Å². The largest absolute Gasteiger partial charge is 0.494 e. The zero-order chi connectivity index (χ0) is 15.2. The van der Waals surface area contributed by atoms with Gasteiger partial charge < -0.3 is 9.84 Å². The number of rotatable bonds is 7. The summed E-state index contributed by atoms with van der Waals surface area (Å²) in [5, 5.41) is 15.3. The van der Waals surface area contributed by atoms with Gasteiger partial charge in [0.15, 0.2) is 0 Å². The molecule has 0 aliphatic rings. The Hall–Kier alpha value is -1.52. The molecule has 1 unspecified atom stereocenters. The third kappa shape index (κ3) is 3.77. The lowest BCUT2D eigenvalue weighted by atomic mass is 10.1. The van der Waals surface area contributed by atoms with Gasteiger partial charge in [-0.2, -0.15) is 5.10 Å². The molecule has 1 heterocycles. The van der Waals surface area contributed by atoms with Crippen LogP contribution in [0.2, 0.25) is 5.02 Å². The average molecular weight is 309 g/mol. The molecule has 1 N–H and O–H groups in total. The number of hydrogen-bond donors (Lipinski definition) is 1. The Morgan fingerprint density at radius 1 is 1.33 bits per heavy atom. The highest BCUT2D eigenvalue weighted by molar-refractivity contribution is 6.31. The summed E-state index contributed by atoms with van der Waals surface area (Å²) in [6.07, 6.45) is 2.64. The van der Waals surface area contributed by atoms with Gasteiger partial charge in [0.1, 0.15) is 11.9 Å². The number of aliphatic hydroxyl groups is 1. The lowest BCUT2D eigenvalue weighted by Crippen LogP contribution is -2.10. The monoisotopic (exact) mass is 308 g/mol. The lowest BCUT2D eigenvalue weighted by Gasteiger charge is -2.15. The lowest BCUT2D eigenvalue weighted by molar-refractivity contribution is 0.206. The zero-order valence-corrected chi connectivity index (χ0v) is 13.2. The van der Waals surface area contributed by atoms with Crippen molar-refractivity contribution in [3.8, 4) is 5.75 Å². The quantitative estimate of drug-likeness (QED) is 0.846. The van der Waals surface area contributed by atoms with Gasteiger partial charge in [-0.05, 0) is 30.5 Å². The molecule has 0 saturated carbocycles. The van der Waals surface area contributed by atoms with Crippen molar-refractivity contribution in [2.24, 2.45) is 0 Å². The van der Waals surface area contributed by atoms with E-state index in [1.807, 2.05) is 24.3 Å². The minimum absolute atomic E-state index is 0.482. The summed E-state index contributed by atoms with van der Waals surface area (Å²) in [6.45, 7) is 5.51. The molecular formula is C16H21ClN2O2. The zero-order valence-electron chi connectivity index (χ0n) is 12.4. The Balaban J connectivity index is 2.27. The number of nitrogens with zero attached hydrogens (tertiary/aromatic N) is 2. The van der Waals surface area contributed by atoms with E-state index in [2.05, 4.69) is 18.9 Å². The molecule has 21 heavy (non-hydrogen) atoms. The van der Waals surface area contributed by atoms with Crippen LogP contribution in [0, 0.1) is 0 Å².